The minimum absolute atomic E-state index is 0.0509. The highest BCUT2D eigenvalue weighted by Gasteiger charge is 2.18. The van der Waals surface area contributed by atoms with Gasteiger partial charge in [-0.3, -0.25) is 9.36 Å². The lowest BCUT2D eigenvalue weighted by molar-refractivity contribution is 0.820. The van der Waals surface area contributed by atoms with E-state index in [0.29, 0.717) is 0 Å². The summed E-state index contributed by atoms with van der Waals surface area (Å²) in [6.45, 7) is 2.16. The van der Waals surface area contributed by atoms with Crippen LogP contribution in [0, 0.1) is 0 Å². The van der Waals surface area contributed by atoms with Gasteiger partial charge in [-0.15, -0.1) is 0 Å². The molecule has 0 radical (unpaired) electrons. The third-order valence-electron chi connectivity index (χ3n) is 4.75. The van der Waals surface area contributed by atoms with Gasteiger partial charge in [-0.1, -0.05) is 80.1 Å². The number of nitrogens with zero attached hydrogens (tertiary/aromatic N) is 1. The first kappa shape index (κ1) is 16.3. The molecule has 0 amide bonds. The number of para-hydroxylation sites is 1. The SMILES string of the molecule is CCCc1c(-c2ccccc2)c2ccccc2c(=O)n1-c1ccccc1. The molecule has 1 aromatic heterocycles. The average Bonchev–Trinajstić information content (AvgIpc) is 2.70. The van der Waals surface area contributed by atoms with E-state index in [1.54, 1.807) is 0 Å². The van der Waals surface area contributed by atoms with Gasteiger partial charge in [-0.2, -0.15) is 0 Å². The predicted octanol–water partition coefficient (Wildman–Crippen LogP) is 5.61. The molecule has 3 aromatic carbocycles. The van der Waals surface area contributed by atoms with Crippen molar-refractivity contribution < 1.29 is 0 Å². The standard InChI is InChI=1S/C24H21NO/c1-2-11-22-23(18-12-5-3-6-13-18)20-16-9-10-17-21(20)24(26)25(22)19-14-7-4-8-15-19/h3-10,12-17H,2,11H2,1H3. The number of hydrogen-bond acceptors (Lipinski definition) is 1. The highest BCUT2D eigenvalue weighted by molar-refractivity contribution is 5.97. The molecule has 0 saturated carbocycles. The van der Waals surface area contributed by atoms with Gasteiger partial charge in [0.15, 0.2) is 0 Å². The summed E-state index contributed by atoms with van der Waals surface area (Å²) < 4.78 is 1.90. The van der Waals surface area contributed by atoms with Gasteiger partial charge in [0.2, 0.25) is 0 Å². The minimum atomic E-state index is 0.0509. The Hall–Kier alpha value is -3.13. The Labute approximate surface area is 153 Å². The molecule has 0 aliphatic rings. The molecule has 1 heterocycles. The van der Waals surface area contributed by atoms with Gasteiger partial charge in [-0.25, -0.2) is 0 Å². The molecule has 128 valence electrons. The molecule has 0 bridgehead atoms. The first-order chi connectivity index (χ1) is 12.8. The van der Waals surface area contributed by atoms with E-state index in [1.807, 2.05) is 59.2 Å². The maximum absolute atomic E-state index is 13.4. The molecule has 2 heteroatoms. The second-order valence-electron chi connectivity index (χ2n) is 6.46. The van der Waals surface area contributed by atoms with E-state index in [1.165, 1.54) is 0 Å². The molecule has 0 N–H and O–H groups in total. The van der Waals surface area contributed by atoms with Crippen molar-refractivity contribution in [2.24, 2.45) is 0 Å². The summed E-state index contributed by atoms with van der Waals surface area (Å²) in [5.74, 6) is 0. The Morgan fingerprint density at radius 3 is 1.96 bits per heavy atom. The summed E-state index contributed by atoms with van der Waals surface area (Å²) in [6, 6.07) is 28.3. The maximum Gasteiger partial charge on any atom is 0.263 e. The molecule has 4 rings (SSSR count). The normalized spacial score (nSPS) is 11.0. The third-order valence-corrected chi connectivity index (χ3v) is 4.75. The molecule has 0 aliphatic heterocycles. The van der Waals surface area contributed by atoms with E-state index >= 15 is 0 Å². The van der Waals surface area contributed by atoms with E-state index in [9.17, 15) is 4.79 Å². The zero-order chi connectivity index (χ0) is 17.9. The largest absolute Gasteiger partial charge is 0.280 e. The number of fused-ring (bicyclic) bond motifs is 1. The van der Waals surface area contributed by atoms with Crippen molar-refractivity contribution in [3.05, 3.63) is 101 Å². The summed E-state index contributed by atoms with van der Waals surface area (Å²) in [5, 5.41) is 1.79. The van der Waals surface area contributed by atoms with Crippen LogP contribution in [0.2, 0.25) is 0 Å². The molecule has 26 heavy (non-hydrogen) atoms. The highest BCUT2D eigenvalue weighted by atomic mass is 16.1. The van der Waals surface area contributed by atoms with Crippen molar-refractivity contribution in [3.63, 3.8) is 0 Å². The Kier molecular flexibility index (Phi) is 4.40. The van der Waals surface area contributed by atoms with Crippen molar-refractivity contribution in [2.75, 3.05) is 0 Å². The van der Waals surface area contributed by atoms with Crippen molar-refractivity contribution >= 4 is 10.8 Å². The molecule has 0 aliphatic carbocycles. The van der Waals surface area contributed by atoms with Crippen molar-refractivity contribution in [1.29, 1.82) is 0 Å². The van der Waals surface area contributed by atoms with Gasteiger partial charge in [0.05, 0.1) is 0 Å². The van der Waals surface area contributed by atoms with Crippen LogP contribution in [-0.2, 0) is 6.42 Å². The topological polar surface area (TPSA) is 22.0 Å². The van der Waals surface area contributed by atoms with E-state index in [-0.39, 0.29) is 5.56 Å². The Bertz CT molecular complexity index is 1100. The van der Waals surface area contributed by atoms with Crippen molar-refractivity contribution in [2.45, 2.75) is 19.8 Å². The zero-order valence-electron chi connectivity index (χ0n) is 14.9. The number of hydrogen-bond donors (Lipinski definition) is 0. The van der Waals surface area contributed by atoms with Crippen molar-refractivity contribution in [1.82, 2.24) is 4.57 Å². The average molecular weight is 339 g/mol. The van der Waals surface area contributed by atoms with Crippen LogP contribution in [0.4, 0.5) is 0 Å². The summed E-state index contributed by atoms with van der Waals surface area (Å²) in [5.41, 5.74) is 4.36. The van der Waals surface area contributed by atoms with Gasteiger partial charge in [0.1, 0.15) is 0 Å². The van der Waals surface area contributed by atoms with Gasteiger partial charge < -0.3 is 0 Å². The highest BCUT2D eigenvalue weighted by Crippen LogP contribution is 2.32. The zero-order valence-corrected chi connectivity index (χ0v) is 14.9. The quantitative estimate of drug-likeness (QED) is 0.473. The summed E-state index contributed by atoms with van der Waals surface area (Å²) in [6.07, 6.45) is 1.82. The summed E-state index contributed by atoms with van der Waals surface area (Å²) in [4.78, 5) is 13.4. The van der Waals surface area contributed by atoms with E-state index < -0.39 is 0 Å². The first-order valence-corrected chi connectivity index (χ1v) is 9.08. The second-order valence-corrected chi connectivity index (χ2v) is 6.46. The van der Waals surface area contributed by atoms with Gasteiger partial charge in [0, 0.05) is 22.3 Å². The van der Waals surface area contributed by atoms with Crippen LogP contribution in [0.15, 0.2) is 89.7 Å². The molecule has 2 nitrogen and oxygen atoms in total. The molecule has 4 aromatic rings. The lowest BCUT2D eigenvalue weighted by Gasteiger charge is -2.20. The monoisotopic (exact) mass is 339 g/mol. The number of aromatic nitrogens is 1. The number of rotatable bonds is 4. The van der Waals surface area contributed by atoms with Crippen LogP contribution in [-0.4, -0.2) is 4.57 Å². The Morgan fingerprint density at radius 1 is 0.731 bits per heavy atom. The third kappa shape index (κ3) is 2.74. The first-order valence-electron chi connectivity index (χ1n) is 9.08. The van der Waals surface area contributed by atoms with Crippen LogP contribution >= 0.6 is 0 Å². The molecule has 0 saturated heterocycles. The molecular formula is C24H21NO. The van der Waals surface area contributed by atoms with Crippen LogP contribution in [0.25, 0.3) is 27.6 Å². The fraction of sp³-hybridized carbons (Fsp3) is 0.125. The predicted molar refractivity (Wildman–Crippen MR) is 109 cm³/mol. The summed E-state index contributed by atoms with van der Waals surface area (Å²) >= 11 is 0. The molecular weight excluding hydrogens is 318 g/mol. The fourth-order valence-electron chi connectivity index (χ4n) is 3.65. The lowest BCUT2D eigenvalue weighted by Crippen LogP contribution is -2.23. The minimum Gasteiger partial charge on any atom is -0.280 e. The van der Waals surface area contributed by atoms with Gasteiger partial charge in [0.25, 0.3) is 5.56 Å². The Morgan fingerprint density at radius 2 is 1.31 bits per heavy atom. The van der Waals surface area contributed by atoms with E-state index in [4.69, 9.17) is 0 Å². The van der Waals surface area contributed by atoms with E-state index in [0.717, 1.165) is 46.1 Å². The van der Waals surface area contributed by atoms with Crippen LogP contribution < -0.4 is 5.56 Å². The van der Waals surface area contributed by atoms with Gasteiger partial charge in [-0.05, 0) is 35.6 Å². The second kappa shape index (κ2) is 7.01. The Balaban J connectivity index is 2.19. The number of pyridine rings is 1. The molecule has 0 unspecified atom stereocenters. The molecule has 0 spiro atoms. The molecule has 0 fully saturated rings. The smallest absolute Gasteiger partial charge is 0.263 e. The van der Waals surface area contributed by atoms with Gasteiger partial charge >= 0.3 is 0 Å². The van der Waals surface area contributed by atoms with Crippen molar-refractivity contribution in [3.8, 4) is 16.8 Å². The fourth-order valence-corrected chi connectivity index (χ4v) is 3.65. The van der Waals surface area contributed by atoms with Crippen LogP contribution in [0.1, 0.15) is 19.0 Å². The maximum atomic E-state index is 13.4. The van der Waals surface area contributed by atoms with E-state index in [2.05, 4.69) is 37.3 Å². The molecule has 0 atom stereocenters. The summed E-state index contributed by atoms with van der Waals surface area (Å²) in [7, 11) is 0. The van der Waals surface area contributed by atoms with Crippen LogP contribution in [0.3, 0.4) is 0 Å². The van der Waals surface area contributed by atoms with Crippen LogP contribution in [0.5, 0.6) is 0 Å². The number of benzene rings is 3. The lowest BCUT2D eigenvalue weighted by atomic mass is 9.94.